The van der Waals surface area contributed by atoms with E-state index in [0.29, 0.717) is 0 Å². The van der Waals surface area contributed by atoms with Crippen LogP contribution in [0.25, 0.3) is 0 Å². The van der Waals surface area contributed by atoms with Crippen LogP contribution in [0.15, 0.2) is 22.7 Å². The van der Waals surface area contributed by atoms with Crippen molar-refractivity contribution in [2.45, 2.75) is 0 Å². The number of anilines is 1. The van der Waals surface area contributed by atoms with Gasteiger partial charge in [0.2, 0.25) is 0 Å². The Morgan fingerprint density at radius 2 is 2.25 bits per heavy atom. The zero-order valence-corrected chi connectivity index (χ0v) is 8.05. The van der Waals surface area contributed by atoms with E-state index in [0.717, 1.165) is 10.2 Å². The molecule has 0 unspecified atom stereocenters. The molecule has 1 aromatic carbocycles. The molecule has 2 N–H and O–H groups in total. The minimum Gasteiger partial charge on any atom is -0.478 e. The molecule has 0 heterocycles. The Bertz CT molecular complexity index is 312. The fourth-order valence-electron chi connectivity index (χ4n) is 0.851. The minimum atomic E-state index is -0.918. The maximum absolute atomic E-state index is 10.5. The lowest BCUT2D eigenvalue weighted by Gasteiger charge is -2.03. The third-order valence-electron chi connectivity index (χ3n) is 1.49. The molecule has 0 aliphatic carbocycles. The van der Waals surface area contributed by atoms with E-state index in [4.69, 9.17) is 5.11 Å². The van der Waals surface area contributed by atoms with Gasteiger partial charge in [0.15, 0.2) is 0 Å². The van der Waals surface area contributed by atoms with Crippen molar-refractivity contribution < 1.29 is 9.90 Å². The lowest BCUT2D eigenvalue weighted by Crippen LogP contribution is -1.97. The monoisotopic (exact) mass is 229 g/mol. The van der Waals surface area contributed by atoms with Gasteiger partial charge in [0, 0.05) is 17.2 Å². The quantitative estimate of drug-likeness (QED) is 0.818. The summed E-state index contributed by atoms with van der Waals surface area (Å²) in [5, 5.41) is 11.6. The normalized spacial score (nSPS) is 9.50. The molecule has 0 atom stereocenters. The van der Waals surface area contributed by atoms with Crippen LogP contribution in [-0.4, -0.2) is 18.1 Å². The van der Waals surface area contributed by atoms with Crippen molar-refractivity contribution in [2.24, 2.45) is 0 Å². The number of halogens is 1. The van der Waals surface area contributed by atoms with E-state index >= 15 is 0 Å². The van der Waals surface area contributed by atoms with Gasteiger partial charge in [0.1, 0.15) is 0 Å². The standard InChI is InChI=1S/C8H8BrNO2/c1-10-7-3-2-5(8(11)12)4-6(7)9/h2-4,10H,1H3,(H,11,12). The smallest absolute Gasteiger partial charge is 0.335 e. The molecule has 3 nitrogen and oxygen atoms in total. The maximum Gasteiger partial charge on any atom is 0.335 e. The summed E-state index contributed by atoms with van der Waals surface area (Å²) in [6.45, 7) is 0. The predicted molar refractivity (Wildman–Crippen MR) is 50.6 cm³/mol. The molecule has 0 amide bonds. The topological polar surface area (TPSA) is 49.3 Å². The van der Waals surface area contributed by atoms with Crippen LogP contribution in [0, 0.1) is 0 Å². The van der Waals surface area contributed by atoms with E-state index in [1.54, 1.807) is 25.2 Å². The first kappa shape index (κ1) is 9.06. The van der Waals surface area contributed by atoms with Crippen molar-refractivity contribution in [1.82, 2.24) is 0 Å². The number of carbonyl (C=O) groups is 1. The van der Waals surface area contributed by atoms with Crippen molar-refractivity contribution in [3.8, 4) is 0 Å². The van der Waals surface area contributed by atoms with Crippen LogP contribution in [0.1, 0.15) is 10.4 Å². The van der Waals surface area contributed by atoms with Gasteiger partial charge in [-0.3, -0.25) is 0 Å². The fourth-order valence-corrected chi connectivity index (χ4v) is 1.43. The highest BCUT2D eigenvalue weighted by molar-refractivity contribution is 9.10. The molecular formula is C8H8BrNO2. The average Bonchev–Trinajstić information content (AvgIpc) is 2.04. The molecule has 0 spiro atoms. The summed E-state index contributed by atoms with van der Waals surface area (Å²) in [5.41, 5.74) is 1.15. The van der Waals surface area contributed by atoms with Gasteiger partial charge in [0.05, 0.1) is 5.56 Å². The van der Waals surface area contributed by atoms with E-state index in [9.17, 15) is 4.79 Å². The predicted octanol–water partition coefficient (Wildman–Crippen LogP) is 2.19. The number of carboxylic acid groups (broad SMARTS) is 1. The highest BCUT2D eigenvalue weighted by Gasteiger charge is 2.04. The van der Waals surface area contributed by atoms with Crippen LogP contribution in [0.5, 0.6) is 0 Å². The van der Waals surface area contributed by atoms with E-state index in [-0.39, 0.29) is 5.56 Å². The van der Waals surface area contributed by atoms with Gasteiger partial charge in [0.25, 0.3) is 0 Å². The molecule has 0 aliphatic rings. The first-order valence-electron chi connectivity index (χ1n) is 3.35. The number of hydrogen-bond donors (Lipinski definition) is 2. The van der Waals surface area contributed by atoms with Gasteiger partial charge in [-0.2, -0.15) is 0 Å². The Balaban J connectivity index is 3.10. The summed E-state index contributed by atoms with van der Waals surface area (Å²) >= 11 is 3.25. The van der Waals surface area contributed by atoms with Crippen LogP contribution < -0.4 is 5.32 Å². The largest absolute Gasteiger partial charge is 0.478 e. The minimum absolute atomic E-state index is 0.279. The third kappa shape index (κ3) is 1.76. The van der Waals surface area contributed by atoms with Crippen LogP contribution in [0.4, 0.5) is 5.69 Å². The van der Waals surface area contributed by atoms with E-state index in [1.807, 2.05) is 0 Å². The van der Waals surface area contributed by atoms with Crippen molar-refractivity contribution in [2.75, 3.05) is 12.4 Å². The number of aromatic carboxylic acids is 1. The molecule has 0 saturated heterocycles. The van der Waals surface area contributed by atoms with Crippen molar-refractivity contribution in [1.29, 1.82) is 0 Å². The summed E-state index contributed by atoms with van der Waals surface area (Å²) < 4.78 is 0.755. The average molecular weight is 230 g/mol. The number of hydrogen-bond acceptors (Lipinski definition) is 2. The maximum atomic E-state index is 10.5. The van der Waals surface area contributed by atoms with E-state index in [2.05, 4.69) is 21.2 Å². The van der Waals surface area contributed by atoms with E-state index < -0.39 is 5.97 Å². The molecule has 0 bridgehead atoms. The highest BCUT2D eigenvalue weighted by atomic mass is 79.9. The third-order valence-corrected chi connectivity index (χ3v) is 2.14. The van der Waals surface area contributed by atoms with Crippen LogP contribution in [-0.2, 0) is 0 Å². The molecule has 0 aliphatic heterocycles. The molecule has 64 valence electrons. The summed E-state index contributed by atoms with van der Waals surface area (Å²) in [6, 6.07) is 4.83. The molecule has 0 fully saturated rings. The molecular weight excluding hydrogens is 222 g/mol. The van der Waals surface area contributed by atoms with Gasteiger partial charge in [-0.05, 0) is 34.1 Å². The number of benzene rings is 1. The second kappa shape index (κ2) is 3.58. The van der Waals surface area contributed by atoms with Crippen molar-refractivity contribution >= 4 is 27.6 Å². The Kier molecular flexibility index (Phi) is 2.70. The van der Waals surface area contributed by atoms with Crippen molar-refractivity contribution in [3.05, 3.63) is 28.2 Å². The number of rotatable bonds is 2. The summed E-state index contributed by atoms with van der Waals surface area (Å²) in [7, 11) is 1.78. The van der Waals surface area contributed by atoms with Crippen LogP contribution in [0.3, 0.4) is 0 Å². The highest BCUT2D eigenvalue weighted by Crippen LogP contribution is 2.22. The molecule has 0 radical (unpaired) electrons. The lowest BCUT2D eigenvalue weighted by atomic mass is 10.2. The molecule has 1 aromatic rings. The Morgan fingerprint density at radius 3 is 2.67 bits per heavy atom. The van der Waals surface area contributed by atoms with Gasteiger partial charge < -0.3 is 10.4 Å². The summed E-state index contributed by atoms with van der Waals surface area (Å²) in [6.07, 6.45) is 0. The lowest BCUT2D eigenvalue weighted by molar-refractivity contribution is 0.0697. The summed E-state index contributed by atoms with van der Waals surface area (Å²) in [4.78, 5) is 10.5. The fraction of sp³-hybridized carbons (Fsp3) is 0.125. The van der Waals surface area contributed by atoms with Gasteiger partial charge in [-0.25, -0.2) is 4.79 Å². The van der Waals surface area contributed by atoms with Crippen molar-refractivity contribution in [3.63, 3.8) is 0 Å². The number of carboxylic acids is 1. The van der Waals surface area contributed by atoms with Gasteiger partial charge >= 0.3 is 5.97 Å². The molecule has 4 heteroatoms. The second-order valence-electron chi connectivity index (χ2n) is 2.25. The number of nitrogens with one attached hydrogen (secondary N) is 1. The zero-order valence-electron chi connectivity index (χ0n) is 6.47. The molecule has 0 aromatic heterocycles. The Morgan fingerprint density at radius 1 is 1.58 bits per heavy atom. The molecule has 12 heavy (non-hydrogen) atoms. The molecule has 0 saturated carbocycles. The van der Waals surface area contributed by atoms with Crippen LogP contribution in [0.2, 0.25) is 0 Å². The zero-order chi connectivity index (χ0) is 9.14. The van der Waals surface area contributed by atoms with Gasteiger partial charge in [-0.1, -0.05) is 0 Å². The SMILES string of the molecule is CNc1ccc(C(=O)O)cc1Br. The first-order valence-corrected chi connectivity index (χ1v) is 4.15. The van der Waals surface area contributed by atoms with Crippen LogP contribution >= 0.6 is 15.9 Å². The molecule has 1 rings (SSSR count). The summed E-state index contributed by atoms with van der Waals surface area (Å²) in [5.74, 6) is -0.918. The Hall–Kier alpha value is -1.03. The van der Waals surface area contributed by atoms with E-state index in [1.165, 1.54) is 0 Å². The second-order valence-corrected chi connectivity index (χ2v) is 3.10. The first-order chi connectivity index (χ1) is 5.65. The van der Waals surface area contributed by atoms with Gasteiger partial charge in [-0.15, -0.1) is 0 Å². The Labute approximate surface area is 78.5 Å².